The molecule has 1 saturated heterocycles. The predicted molar refractivity (Wildman–Crippen MR) is 69.0 cm³/mol. The van der Waals surface area contributed by atoms with Crippen molar-refractivity contribution in [3.8, 4) is 0 Å². The number of esters is 1. The third-order valence-electron chi connectivity index (χ3n) is 3.36. The highest BCUT2D eigenvalue weighted by molar-refractivity contribution is 5.76. The summed E-state index contributed by atoms with van der Waals surface area (Å²) in [5.41, 5.74) is -0.401. The van der Waals surface area contributed by atoms with Gasteiger partial charge in [-0.3, -0.25) is 9.69 Å². The lowest BCUT2D eigenvalue weighted by Crippen LogP contribution is -2.50. The Morgan fingerprint density at radius 2 is 1.71 bits per heavy atom. The summed E-state index contributed by atoms with van der Waals surface area (Å²) in [5, 5.41) is 0. The van der Waals surface area contributed by atoms with Gasteiger partial charge in [0, 0.05) is 32.7 Å². The van der Waals surface area contributed by atoms with Gasteiger partial charge in [0.25, 0.3) is 0 Å². The molecule has 0 radical (unpaired) electrons. The Hall–Kier alpha value is -0.610. The normalized spacial score (nSPS) is 19.3. The summed E-state index contributed by atoms with van der Waals surface area (Å²) in [6.07, 6.45) is 1.22. The van der Waals surface area contributed by atoms with Gasteiger partial charge in [-0.15, -0.1) is 0 Å². The van der Waals surface area contributed by atoms with E-state index in [0.717, 1.165) is 32.7 Å². The fourth-order valence-electron chi connectivity index (χ4n) is 2.39. The molecule has 0 saturated carbocycles. The summed E-state index contributed by atoms with van der Waals surface area (Å²) in [7, 11) is 1.46. The molecule has 1 rings (SSSR count). The van der Waals surface area contributed by atoms with Crippen LogP contribution in [0.25, 0.3) is 0 Å². The van der Waals surface area contributed by atoms with Crippen molar-refractivity contribution in [2.24, 2.45) is 5.41 Å². The fraction of sp³-hybridized carbons (Fsp3) is 0.923. The first kappa shape index (κ1) is 14.5. The highest BCUT2D eigenvalue weighted by Crippen LogP contribution is 2.19. The molecule has 4 nitrogen and oxygen atoms in total. The molecule has 0 bridgehead atoms. The van der Waals surface area contributed by atoms with Gasteiger partial charge in [0.1, 0.15) is 0 Å². The molecule has 0 aliphatic carbocycles. The number of ether oxygens (including phenoxy) is 1. The van der Waals surface area contributed by atoms with E-state index >= 15 is 0 Å². The minimum atomic E-state index is -0.401. The second-order valence-electron chi connectivity index (χ2n) is 5.49. The van der Waals surface area contributed by atoms with Crippen molar-refractivity contribution < 1.29 is 9.53 Å². The monoisotopic (exact) mass is 242 g/mol. The first-order valence-corrected chi connectivity index (χ1v) is 6.52. The van der Waals surface area contributed by atoms with Crippen LogP contribution in [0.2, 0.25) is 0 Å². The van der Waals surface area contributed by atoms with E-state index in [4.69, 9.17) is 4.74 Å². The Morgan fingerprint density at radius 3 is 2.18 bits per heavy atom. The van der Waals surface area contributed by atoms with Gasteiger partial charge < -0.3 is 9.64 Å². The predicted octanol–water partition coefficient (Wildman–Crippen LogP) is 1.21. The number of piperazine rings is 1. The lowest BCUT2D eigenvalue weighted by molar-refractivity contribution is -0.152. The molecule has 0 spiro atoms. The standard InChI is InChI=1S/C13H26N2O2/c1-5-6-14-7-9-15(10-8-14)11-13(2,3)12(16)17-4/h5-11H2,1-4H3. The molecule has 4 heteroatoms. The molecule has 0 aromatic carbocycles. The molecule has 1 heterocycles. The molecule has 17 heavy (non-hydrogen) atoms. The Labute approximate surface area is 105 Å². The molecule has 1 aliphatic heterocycles. The molecule has 0 atom stereocenters. The van der Waals surface area contributed by atoms with Gasteiger partial charge in [0.05, 0.1) is 12.5 Å². The van der Waals surface area contributed by atoms with E-state index in [2.05, 4.69) is 16.7 Å². The number of methoxy groups -OCH3 is 1. The van der Waals surface area contributed by atoms with Crippen LogP contribution >= 0.6 is 0 Å². The van der Waals surface area contributed by atoms with Crippen LogP contribution < -0.4 is 0 Å². The summed E-state index contributed by atoms with van der Waals surface area (Å²) in [6.45, 7) is 12.5. The van der Waals surface area contributed by atoms with Crippen molar-refractivity contribution in [2.75, 3.05) is 46.4 Å². The van der Waals surface area contributed by atoms with Crippen LogP contribution in [-0.4, -0.2) is 62.1 Å². The van der Waals surface area contributed by atoms with Crippen LogP contribution in [0.1, 0.15) is 27.2 Å². The van der Waals surface area contributed by atoms with Crippen LogP contribution in [0.5, 0.6) is 0 Å². The Balaban J connectivity index is 2.37. The molecule has 1 aliphatic rings. The lowest BCUT2D eigenvalue weighted by Gasteiger charge is -2.37. The SMILES string of the molecule is CCCN1CCN(CC(C)(C)C(=O)OC)CC1. The van der Waals surface area contributed by atoms with Crippen LogP contribution in [0.4, 0.5) is 0 Å². The second-order valence-corrected chi connectivity index (χ2v) is 5.49. The number of rotatable bonds is 5. The molecule has 0 amide bonds. The van der Waals surface area contributed by atoms with Gasteiger partial charge in [0.15, 0.2) is 0 Å². The van der Waals surface area contributed by atoms with E-state index in [9.17, 15) is 4.79 Å². The van der Waals surface area contributed by atoms with Crippen molar-refractivity contribution >= 4 is 5.97 Å². The molecular weight excluding hydrogens is 216 g/mol. The highest BCUT2D eigenvalue weighted by Gasteiger charge is 2.32. The largest absolute Gasteiger partial charge is 0.469 e. The Morgan fingerprint density at radius 1 is 1.18 bits per heavy atom. The van der Waals surface area contributed by atoms with Crippen LogP contribution in [0, 0.1) is 5.41 Å². The van der Waals surface area contributed by atoms with Crippen molar-refractivity contribution in [3.05, 3.63) is 0 Å². The summed E-state index contributed by atoms with van der Waals surface area (Å²) in [5.74, 6) is -0.117. The maximum absolute atomic E-state index is 11.6. The zero-order chi connectivity index (χ0) is 12.9. The molecule has 1 fully saturated rings. The number of nitrogens with zero attached hydrogens (tertiary/aromatic N) is 2. The van der Waals surface area contributed by atoms with E-state index < -0.39 is 5.41 Å². The van der Waals surface area contributed by atoms with Crippen molar-refractivity contribution in [1.82, 2.24) is 9.80 Å². The first-order chi connectivity index (χ1) is 7.99. The van der Waals surface area contributed by atoms with E-state index in [1.807, 2.05) is 13.8 Å². The smallest absolute Gasteiger partial charge is 0.312 e. The fourth-order valence-corrected chi connectivity index (χ4v) is 2.39. The minimum Gasteiger partial charge on any atom is -0.469 e. The first-order valence-electron chi connectivity index (χ1n) is 6.52. The maximum atomic E-state index is 11.6. The number of hydrogen-bond donors (Lipinski definition) is 0. The molecule has 0 aromatic rings. The number of hydrogen-bond acceptors (Lipinski definition) is 4. The minimum absolute atomic E-state index is 0.117. The zero-order valence-corrected chi connectivity index (χ0v) is 11.7. The van der Waals surface area contributed by atoms with E-state index in [1.54, 1.807) is 0 Å². The Kier molecular flexibility index (Phi) is 5.40. The maximum Gasteiger partial charge on any atom is 0.312 e. The van der Waals surface area contributed by atoms with E-state index in [1.165, 1.54) is 20.1 Å². The average molecular weight is 242 g/mol. The summed E-state index contributed by atoms with van der Waals surface area (Å²) >= 11 is 0. The quantitative estimate of drug-likeness (QED) is 0.679. The zero-order valence-electron chi connectivity index (χ0n) is 11.7. The second kappa shape index (κ2) is 6.36. The van der Waals surface area contributed by atoms with Crippen LogP contribution in [-0.2, 0) is 9.53 Å². The van der Waals surface area contributed by atoms with Crippen LogP contribution in [0.3, 0.4) is 0 Å². The lowest BCUT2D eigenvalue weighted by atomic mass is 9.92. The molecular formula is C13H26N2O2. The van der Waals surface area contributed by atoms with Crippen LogP contribution in [0.15, 0.2) is 0 Å². The highest BCUT2D eigenvalue weighted by atomic mass is 16.5. The van der Waals surface area contributed by atoms with Gasteiger partial charge in [-0.1, -0.05) is 6.92 Å². The summed E-state index contributed by atoms with van der Waals surface area (Å²) < 4.78 is 4.84. The number of carbonyl (C=O) groups is 1. The third-order valence-corrected chi connectivity index (χ3v) is 3.36. The van der Waals surface area contributed by atoms with E-state index in [-0.39, 0.29) is 5.97 Å². The summed E-state index contributed by atoms with van der Waals surface area (Å²) in [4.78, 5) is 16.5. The van der Waals surface area contributed by atoms with Gasteiger partial charge in [-0.2, -0.15) is 0 Å². The summed E-state index contributed by atoms with van der Waals surface area (Å²) in [6, 6.07) is 0. The third kappa shape index (κ3) is 4.28. The molecule has 0 unspecified atom stereocenters. The van der Waals surface area contributed by atoms with Gasteiger partial charge in [-0.25, -0.2) is 0 Å². The Bertz CT molecular complexity index is 246. The van der Waals surface area contributed by atoms with E-state index in [0.29, 0.717) is 0 Å². The number of carbonyl (C=O) groups excluding carboxylic acids is 1. The van der Waals surface area contributed by atoms with Gasteiger partial charge >= 0.3 is 5.97 Å². The van der Waals surface area contributed by atoms with Crippen molar-refractivity contribution in [3.63, 3.8) is 0 Å². The topological polar surface area (TPSA) is 32.8 Å². The molecule has 0 aromatic heterocycles. The van der Waals surface area contributed by atoms with Gasteiger partial charge in [-0.05, 0) is 26.8 Å². The molecule has 100 valence electrons. The average Bonchev–Trinajstić information content (AvgIpc) is 2.30. The van der Waals surface area contributed by atoms with Gasteiger partial charge in [0.2, 0.25) is 0 Å². The van der Waals surface area contributed by atoms with Crippen molar-refractivity contribution in [2.45, 2.75) is 27.2 Å². The van der Waals surface area contributed by atoms with Crippen molar-refractivity contribution in [1.29, 1.82) is 0 Å². The molecule has 0 N–H and O–H groups in total.